The van der Waals surface area contributed by atoms with Gasteiger partial charge in [-0.15, -0.1) is 0 Å². The summed E-state index contributed by atoms with van der Waals surface area (Å²) in [6, 6.07) is 11.9. The molecular formula is C22H15F2N3O4. The summed E-state index contributed by atoms with van der Waals surface area (Å²) >= 11 is 0. The van der Waals surface area contributed by atoms with Gasteiger partial charge < -0.3 is 15.2 Å². The van der Waals surface area contributed by atoms with Crippen LogP contribution in [0.25, 0.3) is 16.7 Å². The Morgan fingerprint density at radius 1 is 1.13 bits per heavy atom. The molecule has 4 aromatic rings. The number of hydrogen-bond donors (Lipinski definition) is 2. The molecule has 0 saturated carbocycles. The van der Waals surface area contributed by atoms with E-state index in [-0.39, 0.29) is 28.2 Å². The smallest absolute Gasteiger partial charge is 0.273 e. The van der Waals surface area contributed by atoms with Crippen LogP contribution < -0.4 is 15.6 Å². The van der Waals surface area contributed by atoms with Gasteiger partial charge in [0.25, 0.3) is 11.5 Å². The maximum atomic E-state index is 14.0. The van der Waals surface area contributed by atoms with E-state index in [2.05, 4.69) is 10.3 Å². The van der Waals surface area contributed by atoms with Crippen molar-refractivity contribution in [2.45, 2.75) is 0 Å². The Labute approximate surface area is 174 Å². The average Bonchev–Trinajstić information content (AvgIpc) is 2.74. The molecule has 0 saturated heterocycles. The van der Waals surface area contributed by atoms with Crippen molar-refractivity contribution in [3.8, 4) is 17.2 Å². The minimum atomic E-state index is -0.969. The molecule has 0 aliphatic rings. The number of carbonyl (C=O) groups is 1. The van der Waals surface area contributed by atoms with Gasteiger partial charge in [-0.2, -0.15) is 0 Å². The number of hydrogen-bond acceptors (Lipinski definition) is 5. The molecule has 2 aromatic carbocycles. The molecule has 2 aromatic heterocycles. The van der Waals surface area contributed by atoms with Gasteiger partial charge in [0.15, 0.2) is 17.2 Å². The van der Waals surface area contributed by atoms with Crippen molar-refractivity contribution in [2.24, 2.45) is 0 Å². The molecule has 0 atom stereocenters. The molecule has 9 heteroatoms. The zero-order valence-electron chi connectivity index (χ0n) is 16.1. The third kappa shape index (κ3) is 3.57. The molecule has 7 nitrogen and oxygen atoms in total. The number of amides is 1. The van der Waals surface area contributed by atoms with Crippen molar-refractivity contribution in [3.05, 3.63) is 88.3 Å². The van der Waals surface area contributed by atoms with Gasteiger partial charge >= 0.3 is 0 Å². The van der Waals surface area contributed by atoms with E-state index in [0.717, 1.165) is 16.7 Å². The van der Waals surface area contributed by atoms with Gasteiger partial charge in [-0.1, -0.05) is 6.07 Å². The number of anilines is 1. The first-order chi connectivity index (χ1) is 14.9. The number of nitrogens with one attached hydrogen (secondary N) is 1. The van der Waals surface area contributed by atoms with Gasteiger partial charge in [0.05, 0.1) is 18.2 Å². The Bertz CT molecular complexity index is 1390. The van der Waals surface area contributed by atoms with Crippen molar-refractivity contribution < 1.29 is 23.4 Å². The Kier molecular flexibility index (Phi) is 5.08. The molecule has 0 aliphatic carbocycles. The Hall–Kier alpha value is -4.27. The largest absolute Gasteiger partial charge is 0.506 e. The molecule has 31 heavy (non-hydrogen) atoms. The van der Waals surface area contributed by atoms with E-state index >= 15 is 0 Å². The summed E-state index contributed by atoms with van der Waals surface area (Å²) in [6.45, 7) is 0. The highest BCUT2D eigenvalue weighted by molar-refractivity contribution is 6.09. The molecule has 156 valence electrons. The van der Waals surface area contributed by atoms with E-state index in [1.165, 1.54) is 55.8 Å². The summed E-state index contributed by atoms with van der Waals surface area (Å²) in [5.74, 6) is -2.90. The molecular weight excluding hydrogens is 408 g/mol. The van der Waals surface area contributed by atoms with Crippen molar-refractivity contribution in [3.63, 3.8) is 0 Å². The lowest BCUT2D eigenvalue weighted by Crippen LogP contribution is -2.29. The Balaban J connectivity index is 1.89. The molecule has 0 fully saturated rings. The van der Waals surface area contributed by atoms with Crippen molar-refractivity contribution in [2.75, 3.05) is 12.4 Å². The van der Waals surface area contributed by atoms with Gasteiger partial charge in [-0.25, -0.2) is 13.8 Å². The average molecular weight is 423 g/mol. The fourth-order valence-electron chi connectivity index (χ4n) is 3.20. The van der Waals surface area contributed by atoms with Crippen LogP contribution in [0.2, 0.25) is 0 Å². The number of pyridine rings is 2. The van der Waals surface area contributed by atoms with Crippen LogP contribution in [-0.4, -0.2) is 27.7 Å². The highest BCUT2D eigenvalue weighted by Gasteiger charge is 2.24. The van der Waals surface area contributed by atoms with E-state index in [1.54, 1.807) is 0 Å². The second kappa shape index (κ2) is 7.86. The highest BCUT2D eigenvalue weighted by atomic mass is 19.1. The number of methoxy groups -OCH3 is 1. The zero-order chi connectivity index (χ0) is 22.1. The number of carbonyl (C=O) groups excluding carboxylic acids is 1. The van der Waals surface area contributed by atoms with Crippen LogP contribution in [0.3, 0.4) is 0 Å². The van der Waals surface area contributed by atoms with E-state index in [4.69, 9.17) is 4.74 Å². The van der Waals surface area contributed by atoms with Gasteiger partial charge in [0.2, 0.25) is 0 Å². The maximum absolute atomic E-state index is 14.0. The first kappa shape index (κ1) is 20.0. The zero-order valence-corrected chi connectivity index (χ0v) is 16.1. The van der Waals surface area contributed by atoms with E-state index in [0.29, 0.717) is 0 Å². The topological polar surface area (TPSA) is 93.4 Å². The number of aromatic hydroxyl groups is 1. The van der Waals surface area contributed by atoms with Crippen LogP contribution in [-0.2, 0) is 0 Å². The molecule has 0 unspecified atom stereocenters. The summed E-state index contributed by atoms with van der Waals surface area (Å²) in [5.41, 5.74) is -1.30. The summed E-state index contributed by atoms with van der Waals surface area (Å²) in [4.78, 5) is 30.2. The molecule has 0 spiro atoms. The van der Waals surface area contributed by atoms with Crippen molar-refractivity contribution in [1.29, 1.82) is 0 Å². The monoisotopic (exact) mass is 423 g/mol. The Morgan fingerprint density at radius 2 is 1.94 bits per heavy atom. The summed E-state index contributed by atoms with van der Waals surface area (Å²) in [5, 5.41) is 13.2. The lowest BCUT2D eigenvalue weighted by molar-refractivity contribution is 0.102. The number of benzene rings is 2. The lowest BCUT2D eigenvalue weighted by atomic mass is 10.1. The third-order valence-electron chi connectivity index (χ3n) is 4.61. The normalized spacial score (nSPS) is 10.8. The molecule has 0 aliphatic heterocycles. The molecule has 4 rings (SSSR count). The minimum Gasteiger partial charge on any atom is -0.506 e. The first-order valence-electron chi connectivity index (χ1n) is 9.04. The Morgan fingerprint density at radius 3 is 2.65 bits per heavy atom. The third-order valence-corrected chi connectivity index (χ3v) is 4.61. The highest BCUT2D eigenvalue weighted by Crippen LogP contribution is 2.28. The summed E-state index contributed by atoms with van der Waals surface area (Å²) in [6.07, 6.45) is 1.40. The number of aromatic nitrogens is 2. The van der Waals surface area contributed by atoms with E-state index < -0.39 is 34.4 Å². The molecule has 1 amide bonds. The van der Waals surface area contributed by atoms with Crippen LogP contribution >= 0.6 is 0 Å². The number of rotatable bonds is 4. The van der Waals surface area contributed by atoms with Gasteiger partial charge in [0, 0.05) is 18.0 Å². The minimum absolute atomic E-state index is 0.0221. The van der Waals surface area contributed by atoms with Crippen LogP contribution in [0.4, 0.5) is 14.5 Å². The maximum Gasteiger partial charge on any atom is 0.273 e. The van der Waals surface area contributed by atoms with Crippen molar-refractivity contribution >= 4 is 22.6 Å². The molecule has 0 bridgehead atoms. The van der Waals surface area contributed by atoms with Gasteiger partial charge in [-0.05, 0) is 42.5 Å². The second-order valence-corrected chi connectivity index (χ2v) is 6.52. The van der Waals surface area contributed by atoms with Gasteiger partial charge in [-0.3, -0.25) is 14.2 Å². The number of fused-ring (bicyclic) bond motifs is 1. The standard InChI is InChI=1S/C22H15F2N3O4/c1-31-17-8-7-13(11-16(17)24)26-21(29)18-19(28)15-6-3-9-25-20(15)27(22(18)30)14-5-2-4-12(23)10-14/h2-11,28H,1H3,(H,26,29). The van der Waals surface area contributed by atoms with Gasteiger partial charge in [0.1, 0.15) is 17.1 Å². The molecule has 2 N–H and O–H groups in total. The van der Waals surface area contributed by atoms with Crippen LogP contribution in [0.5, 0.6) is 11.5 Å². The van der Waals surface area contributed by atoms with Crippen LogP contribution in [0.1, 0.15) is 10.4 Å². The number of nitrogens with zero attached hydrogens (tertiary/aromatic N) is 2. The lowest BCUT2D eigenvalue weighted by Gasteiger charge is -2.14. The number of halogens is 2. The van der Waals surface area contributed by atoms with E-state index in [9.17, 15) is 23.5 Å². The number of ether oxygens (including phenoxy) is 1. The first-order valence-corrected chi connectivity index (χ1v) is 9.04. The molecule has 2 heterocycles. The van der Waals surface area contributed by atoms with Crippen LogP contribution in [0.15, 0.2) is 65.6 Å². The fraction of sp³-hybridized carbons (Fsp3) is 0.0455. The fourth-order valence-corrected chi connectivity index (χ4v) is 3.20. The quantitative estimate of drug-likeness (QED) is 0.523. The predicted octanol–water partition coefficient (Wildman–Crippen LogP) is 3.63. The van der Waals surface area contributed by atoms with E-state index in [1.807, 2.05) is 0 Å². The predicted molar refractivity (Wildman–Crippen MR) is 110 cm³/mol. The SMILES string of the molecule is COc1ccc(NC(=O)c2c(O)c3cccnc3n(-c3cccc(F)c3)c2=O)cc1F. The summed E-state index contributed by atoms with van der Waals surface area (Å²) in [7, 11) is 1.30. The van der Waals surface area contributed by atoms with Crippen molar-refractivity contribution in [1.82, 2.24) is 9.55 Å². The second-order valence-electron chi connectivity index (χ2n) is 6.52. The molecule has 0 radical (unpaired) electrons. The summed E-state index contributed by atoms with van der Waals surface area (Å²) < 4.78 is 33.6. The van der Waals surface area contributed by atoms with Crippen LogP contribution in [0, 0.1) is 11.6 Å².